The van der Waals surface area contributed by atoms with E-state index in [2.05, 4.69) is 5.32 Å². The van der Waals surface area contributed by atoms with Crippen LogP contribution in [0.3, 0.4) is 0 Å². The summed E-state index contributed by atoms with van der Waals surface area (Å²) in [4.78, 5) is 23.0. The molecule has 0 radical (unpaired) electrons. The fourth-order valence-electron chi connectivity index (χ4n) is 1.67. The van der Waals surface area contributed by atoms with Gasteiger partial charge < -0.3 is 16.2 Å². The van der Waals surface area contributed by atoms with Crippen molar-refractivity contribution in [2.75, 3.05) is 6.54 Å². The second kappa shape index (κ2) is 7.26. The number of carbonyl (C=O) groups is 2. The molecule has 6 heteroatoms. The number of amides is 1. The van der Waals surface area contributed by atoms with E-state index in [1.54, 1.807) is 24.3 Å². The van der Waals surface area contributed by atoms with Gasteiger partial charge in [0.15, 0.2) is 0 Å². The number of carboxylic acids is 1. The molecule has 20 heavy (non-hydrogen) atoms. The van der Waals surface area contributed by atoms with Gasteiger partial charge in [-0.25, -0.2) is 0 Å². The summed E-state index contributed by atoms with van der Waals surface area (Å²) in [5.74, 6) is -2.18. The van der Waals surface area contributed by atoms with E-state index in [0.29, 0.717) is 10.6 Å². The summed E-state index contributed by atoms with van der Waals surface area (Å²) in [6.07, 6.45) is 0. The van der Waals surface area contributed by atoms with Gasteiger partial charge in [-0.15, -0.1) is 0 Å². The van der Waals surface area contributed by atoms with Crippen LogP contribution in [0.2, 0.25) is 5.02 Å². The molecule has 5 nitrogen and oxygen atoms in total. The maximum Gasteiger partial charge on any atom is 0.312 e. The molecule has 1 aromatic rings. The molecule has 1 rings (SSSR count). The number of hydrogen-bond donors (Lipinski definition) is 3. The molecule has 0 aliphatic carbocycles. The second-order valence-electron chi connectivity index (χ2n) is 4.96. The second-order valence-corrected chi connectivity index (χ2v) is 5.39. The van der Waals surface area contributed by atoms with E-state index in [1.165, 1.54) is 0 Å². The lowest BCUT2D eigenvalue weighted by molar-refractivity contribution is -0.138. The van der Waals surface area contributed by atoms with E-state index in [-0.39, 0.29) is 18.4 Å². The highest BCUT2D eigenvalue weighted by molar-refractivity contribution is 6.30. The van der Waals surface area contributed by atoms with Crippen molar-refractivity contribution in [3.8, 4) is 0 Å². The van der Waals surface area contributed by atoms with Gasteiger partial charge in [0.2, 0.25) is 5.91 Å². The maximum absolute atomic E-state index is 11.7. The summed E-state index contributed by atoms with van der Waals surface area (Å²) in [7, 11) is 0. The molecular weight excluding hydrogens is 280 g/mol. The Morgan fingerprint density at radius 1 is 1.30 bits per heavy atom. The van der Waals surface area contributed by atoms with Crippen molar-refractivity contribution in [3.05, 3.63) is 34.9 Å². The van der Waals surface area contributed by atoms with Crippen LogP contribution in [-0.4, -0.2) is 29.6 Å². The van der Waals surface area contributed by atoms with E-state index in [9.17, 15) is 14.7 Å². The largest absolute Gasteiger partial charge is 0.481 e. The summed E-state index contributed by atoms with van der Waals surface area (Å²) in [5.41, 5.74) is 6.29. The van der Waals surface area contributed by atoms with Crippen molar-refractivity contribution < 1.29 is 14.7 Å². The molecule has 110 valence electrons. The highest BCUT2D eigenvalue weighted by atomic mass is 35.5. The average molecular weight is 299 g/mol. The monoisotopic (exact) mass is 298 g/mol. The van der Waals surface area contributed by atoms with Crippen LogP contribution < -0.4 is 11.1 Å². The lowest BCUT2D eigenvalue weighted by atomic mass is 9.98. The number of aliphatic carboxylic acids is 1. The number of nitrogens with two attached hydrogens (primary N) is 1. The third-order valence-corrected chi connectivity index (χ3v) is 3.32. The lowest BCUT2D eigenvalue weighted by Gasteiger charge is -2.18. The molecule has 0 aliphatic rings. The standard InChI is InChI=1S/C14H19ClN2O3/c1-8(2)12(16)13(18)17-7-11(14(19)20)9-3-5-10(15)6-4-9/h3-6,8,11-12H,7,16H2,1-2H3,(H,17,18)(H,19,20)/t11?,12-/m0/s1. The molecule has 4 N–H and O–H groups in total. The normalized spacial score (nSPS) is 13.8. The Hall–Kier alpha value is -1.59. The molecule has 0 aliphatic heterocycles. The van der Waals surface area contributed by atoms with Gasteiger partial charge >= 0.3 is 5.97 Å². The molecule has 0 bridgehead atoms. The van der Waals surface area contributed by atoms with Crippen LogP contribution in [0.1, 0.15) is 25.3 Å². The Bertz CT molecular complexity index is 474. The molecule has 0 aromatic heterocycles. The van der Waals surface area contributed by atoms with Crippen LogP contribution in [0.15, 0.2) is 24.3 Å². The molecule has 1 aromatic carbocycles. The summed E-state index contributed by atoms with van der Waals surface area (Å²) in [5, 5.41) is 12.4. The smallest absolute Gasteiger partial charge is 0.312 e. The minimum absolute atomic E-state index is 0.00375. The van der Waals surface area contributed by atoms with Crippen LogP contribution in [-0.2, 0) is 9.59 Å². The summed E-state index contributed by atoms with van der Waals surface area (Å²) in [6, 6.07) is 5.86. The molecule has 1 unspecified atom stereocenters. The number of halogens is 1. The van der Waals surface area contributed by atoms with Gasteiger partial charge in [-0.2, -0.15) is 0 Å². The fourth-order valence-corrected chi connectivity index (χ4v) is 1.79. The van der Waals surface area contributed by atoms with E-state index < -0.39 is 17.9 Å². The molecule has 2 atom stereocenters. The Morgan fingerprint density at radius 3 is 2.30 bits per heavy atom. The topological polar surface area (TPSA) is 92.4 Å². The van der Waals surface area contributed by atoms with Crippen LogP contribution >= 0.6 is 11.6 Å². The molecule has 0 saturated carbocycles. The van der Waals surface area contributed by atoms with Crippen molar-refractivity contribution in [1.29, 1.82) is 0 Å². The molecule has 0 heterocycles. The molecule has 0 saturated heterocycles. The van der Waals surface area contributed by atoms with Crippen molar-refractivity contribution in [1.82, 2.24) is 5.32 Å². The number of nitrogens with one attached hydrogen (secondary N) is 1. The van der Waals surface area contributed by atoms with E-state index in [0.717, 1.165) is 0 Å². The highest BCUT2D eigenvalue weighted by Gasteiger charge is 2.23. The minimum Gasteiger partial charge on any atom is -0.481 e. The Balaban J connectivity index is 2.72. The van der Waals surface area contributed by atoms with Crippen molar-refractivity contribution in [2.24, 2.45) is 11.7 Å². The van der Waals surface area contributed by atoms with Crippen LogP contribution in [0.25, 0.3) is 0 Å². The zero-order valence-corrected chi connectivity index (χ0v) is 12.2. The first-order valence-corrected chi connectivity index (χ1v) is 6.72. The first kappa shape index (κ1) is 16.5. The first-order valence-electron chi connectivity index (χ1n) is 6.34. The minimum atomic E-state index is -1.01. The molecular formula is C14H19ClN2O3. The van der Waals surface area contributed by atoms with Gasteiger partial charge in [0, 0.05) is 11.6 Å². The van der Waals surface area contributed by atoms with E-state index in [4.69, 9.17) is 17.3 Å². The van der Waals surface area contributed by atoms with Crippen molar-refractivity contribution in [3.63, 3.8) is 0 Å². The van der Waals surface area contributed by atoms with Gasteiger partial charge in [0.25, 0.3) is 0 Å². The summed E-state index contributed by atoms with van der Waals surface area (Å²) >= 11 is 5.77. The quantitative estimate of drug-likeness (QED) is 0.744. The van der Waals surface area contributed by atoms with Gasteiger partial charge in [-0.1, -0.05) is 37.6 Å². The Morgan fingerprint density at radius 2 is 1.85 bits per heavy atom. The fraction of sp³-hybridized carbons (Fsp3) is 0.429. The zero-order valence-electron chi connectivity index (χ0n) is 11.5. The van der Waals surface area contributed by atoms with Gasteiger partial charge in [0.05, 0.1) is 12.0 Å². The number of hydrogen-bond acceptors (Lipinski definition) is 3. The number of carboxylic acid groups (broad SMARTS) is 1. The van der Waals surface area contributed by atoms with Crippen LogP contribution in [0.5, 0.6) is 0 Å². The lowest BCUT2D eigenvalue weighted by Crippen LogP contribution is -2.45. The van der Waals surface area contributed by atoms with E-state index in [1.807, 2.05) is 13.8 Å². The third kappa shape index (κ3) is 4.51. The Labute approximate surface area is 123 Å². The van der Waals surface area contributed by atoms with Gasteiger partial charge in [-0.05, 0) is 23.6 Å². The SMILES string of the molecule is CC(C)[C@H](N)C(=O)NCC(C(=O)O)c1ccc(Cl)cc1. The van der Waals surface area contributed by atoms with Crippen LogP contribution in [0, 0.1) is 5.92 Å². The predicted molar refractivity (Wildman–Crippen MR) is 77.7 cm³/mol. The highest BCUT2D eigenvalue weighted by Crippen LogP contribution is 2.18. The number of carbonyl (C=O) groups excluding carboxylic acids is 1. The molecule has 0 fully saturated rings. The predicted octanol–water partition coefficient (Wildman–Crippen LogP) is 1.61. The summed E-state index contributed by atoms with van der Waals surface area (Å²) in [6.45, 7) is 3.66. The van der Waals surface area contributed by atoms with Crippen molar-refractivity contribution >= 4 is 23.5 Å². The third-order valence-electron chi connectivity index (χ3n) is 3.07. The first-order chi connectivity index (χ1) is 9.32. The zero-order chi connectivity index (χ0) is 15.3. The Kier molecular flexibility index (Phi) is 5.98. The molecule has 0 spiro atoms. The molecule has 1 amide bonds. The summed E-state index contributed by atoms with van der Waals surface area (Å²) < 4.78 is 0. The number of benzene rings is 1. The van der Waals surface area contributed by atoms with Gasteiger partial charge in [0.1, 0.15) is 0 Å². The number of rotatable bonds is 6. The van der Waals surface area contributed by atoms with Crippen molar-refractivity contribution in [2.45, 2.75) is 25.8 Å². The van der Waals surface area contributed by atoms with E-state index >= 15 is 0 Å². The van der Waals surface area contributed by atoms with Gasteiger partial charge in [-0.3, -0.25) is 9.59 Å². The average Bonchev–Trinajstić information content (AvgIpc) is 2.39. The maximum atomic E-state index is 11.7. The van der Waals surface area contributed by atoms with Crippen LogP contribution in [0.4, 0.5) is 0 Å².